The van der Waals surface area contributed by atoms with Crippen molar-refractivity contribution in [1.29, 1.82) is 0 Å². The number of rotatable bonds is 6. The van der Waals surface area contributed by atoms with Gasteiger partial charge in [-0.25, -0.2) is 9.78 Å². The molecule has 0 aliphatic carbocycles. The van der Waals surface area contributed by atoms with Crippen molar-refractivity contribution in [2.24, 2.45) is 0 Å². The Balaban J connectivity index is 2.48. The van der Waals surface area contributed by atoms with Crippen LogP contribution in [0, 0.1) is 0 Å². The molecule has 0 fully saturated rings. The second-order valence-corrected chi connectivity index (χ2v) is 3.33. The van der Waals surface area contributed by atoms with Gasteiger partial charge < -0.3 is 15.2 Å². The van der Waals surface area contributed by atoms with Crippen LogP contribution in [0.25, 0.3) is 0 Å². The fraction of sp³-hybridized carbons (Fsp3) is 0.364. The van der Waals surface area contributed by atoms with E-state index in [0.29, 0.717) is 18.8 Å². The minimum atomic E-state index is -0.853. The number of aliphatic carboxylic acids is 1. The van der Waals surface area contributed by atoms with Crippen LogP contribution in [0.15, 0.2) is 18.2 Å². The molecule has 0 radical (unpaired) electrons. The molecule has 0 unspecified atom stereocenters. The number of aromatic nitrogens is 1. The molecule has 92 valence electrons. The van der Waals surface area contributed by atoms with E-state index < -0.39 is 11.9 Å². The van der Waals surface area contributed by atoms with E-state index in [1.165, 1.54) is 7.11 Å². The number of nitrogens with zero attached hydrogens (tertiary/aromatic N) is 1. The second-order valence-electron chi connectivity index (χ2n) is 3.33. The first-order valence-corrected chi connectivity index (χ1v) is 5.10. The maximum atomic E-state index is 11.2. The summed E-state index contributed by atoms with van der Waals surface area (Å²) in [6.45, 7) is 0.775. The quantitative estimate of drug-likeness (QED) is 0.552. The lowest BCUT2D eigenvalue weighted by molar-refractivity contribution is -0.136. The third kappa shape index (κ3) is 4.60. The summed E-state index contributed by atoms with van der Waals surface area (Å²) < 4.78 is 4.55. The Bertz CT molecular complexity index is 406. The summed E-state index contributed by atoms with van der Waals surface area (Å²) in [6.07, 6.45) is 0.0523. The molecule has 1 aromatic heterocycles. The van der Waals surface area contributed by atoms with Crippen molar-refractivity contribution >= 4 is 11.9 Å². The van der Waals surface area contributed by atoms with Crippen LogP contribution in [0.1, 0.15) is 22.6 Å². The molecule has 1 rings (SSSR count). The molecule has 6 heteroatoms. The third-order valence-electron chi connectivity index (χ3n) is 2.02. The largest absolute Gasteiger partial charge is 0.481 e. The van der Waals surface area contributed by atoms with Gasteiger partial charge in [0.25, 0.3) is 0 Å². The molecule has 0 aliphatic rings. The number of pyridine rings is 1. The molecule has 6 nitrogen and oxygen atoms in total. The van der Waals surface area contributed by atoms with E-state index in [1.54, 1.807) is 18.2 Å². The zero-order valence-corrected chi connectivity index (χ0v) is 9.47. The average Bonchev–Trinajstić information content (AvgIpc) is 2.34. The highest BCUT2D eigenvalue weighted by atomic mass is 16.5. The Morgan fingerprint density at radius 1 is 1.47 bits per heavy atom. The molecule has 17 heavy (non-hydrogen) atoms. The minimum absolute atomic E-state index is 0.0523. The van der Waals surface area contributed by atoms with Gasteiger partial charge in [0.15, 0.2) is 0 Å². The maximum absolute atomic E-state index is 11.2. The van der Waals surface area contributed by atoms with E-state index in [1.807, 2.05) is 0 Å². The van der Waals surface area contributed by atoms with Crippen molar-refractivity contribution in [2.75, 3.05) is 13.7 Å². The van der Waals surface area contributed by atoms with Crippen LogP contribution in [-0.2, 0) is 16.1 Å². The van der Waals surface area contributed by atoms with Gasteiger partial charge >= 0.3 is 11.9 Å². The van der Waals surface area contributed by atoms with Crippen molar-refractivity contribution < 1.29 is 19.4 Å². The van der Waals surface area contributed by atoms with Gasteiger partial charge in [0, 0.05) is 13.1 Å². The first kappa shape index (κ1) is 13.1. The van der Waals surface area contributed by atoms with Crippen LogP contribution in [0.5, 0.6) is 0 Å². The Morgan fingerprint density at radius 2 is 2.24 bits per heavy atom. The Hall–Kier alpha value is -1.95. The average molecular weight is 238 g/mol. The molecular weight excluding hydrogens is 224 g/mol. The van der Waals surface area contributed by atoms with Crippen LogP contribution in [0.3, 0.4) is 0 Å². The third-order valence-corrected chi connectivity index (χ3v) is 2.02. The summed E-state index contributed by atoms with van der Waals surface area (Å²) in [5.74, 6) is -1.34. The predicted molar refractivity (Wildman–Crippen MR) is 59.5 cm³/mol. The van der Waals surface area contributed by atoms with Gasteiger partial charge in [0.1, 0.15) is 5.69 Å². The fourth-order valence-electron chi connectivity index (χ4n) is 1.21. The molecule has 0 atom stereocenters. The van der Waals surface area contributed by atoms with Crippen molar-refractivity contribution in [2.45, 2.75) is 13.0 Å². The van der Waals surface area contributed by atoms with Gasteiger partial charge in [-0.1, -0.05) is 6.07 Å². The van der Waals surface area contributed by atoms with E-state index in [0.717, 1.165) is 0 Å². The Labute approximate surface area is 98.6 Å². The van der Waals surface area contributed by atoms with Gasteiger partial charge in [0.05, 0.1) is 19.2 Å². The molecule has 0 aromatic carbocycles. The molecule has 0 aliphatic heterocycles. The first-order chi connectivity index (χ1) is 8.13. The topological polar surface area (TPSA) is 88.5 Å². The summed E-state index contributed by atoms with van der Waals surface area (Å²) in [7, 11) is 1.29. The second kappa shape index (κ2) is 6.59. The van der Waals surface area contributed by atoms with Gasteiger partial charge in [-0.05, 0) is 12.1 Å². The number of hydrogen-bond acceptors (Lipinski definition) is 5. The zero-order chi connectivity index (χ0) is 12.7. The van der Waals surface area contributed by atoms with Gasteiger partial charge in [-0.2, -0.15) is 0 Å². The minimum Gasteiger partial charge on any atom is -0.481 e. The number of carboxylic acids is 1. The van der Waals surface area contributed by atoms with E-state index in [-0.39, 0.29) is 12.1 Å². The van der Waals surface area contributed by atoms with Gasteiger partial charge in [0.2, 0.25) is 0 Å². The number of esters is 1. The summed E-state index contributed by atoms with van der Waals surface area (Å²) in [6, 6.07) is 5.01. The molecular formula is C11H14N2O4. The highest BCUT2D eigenvalue weighted by molar-refractivity contribution is 5.87. The molecule has 1 aromatic rings. The summed E-state index contributed by atoms with van der Waals surface area (Å²) >= 11 is 0. The molecule has 2 N–H and O–H groups in total. The fourth-order valence-corrected chi connectivity index (χ4v) is 1.21. The molecule has 0 saturated heterocycles. The lowest BCUT2D eigenvalue weighted by atomic mass is 10.3. The lowest BCUT2D eigenvalue weighted by Crippen LogP contribution is -2.19. The van der Waals surface area contributed by atoms with Crippen LogP contribution < -0.4 is 5.32 Å². The SMILES string of the molecule is COC(=O)c1cccc(CNCCC(=O)O)n1. The highest BCUT2D eigenvalue weighted by Gasteiger charge is 2.07. The van der Waals surface area contributed by atoms with Crippen LogP contribution in [0.2, 0.25) is 0 Å². The zero-order valence-electron chi connectivity index (χ0n) is 9.47. The summed E-state index contributed by atoms with van der Waals surface area (Å²) in [5.41, 5.74) is 0.906. The van der Waals surface area contributed by atoms with E-state index >= 15 is 0 Å². The van der Waals surface area contributed by atoms with Crippen molar-refractivity contribution in [3.05, 3.63) is 29.6 Å². The maximum Gasteiger partial charge on any atom is 0.356 e. The predicted octanol–water partition coefficient (Wildman–Crippen LogP) is 0.432. The summed E-state index contributed by atoms with van der Waals surface area (Å²) in [5, 5.41) is 11.4. The molecule has 1 heterocycles. The van der Waals surface area contributed by atoms with Crippen LogP contribution in [-0.4, -0.2) is 35.7 Å². The Kier molecular flexibility index (Phi) is 5.09. The van der Waals surface area contributed by atoms with Crippen molar-refractivity contribution in [1.82, 2.24) is 10.3 Å². The molecule has 0 bridgehead atoms. The number of nitrogens with one attached hydrogen (secondary N) is 1. The van der Waals surface area contributed by atoms with Gasteiger partial charge in [-0.15, -0.1) is 0 Å². The number of methoxy groups -OCH3 is 1. The number of carboxylic acid groups (broad SMARTS) is 1. The van der Waals surface area contributed by atoms with Gasteiger partial charge in [-0.3, -0.25) is 4.79 Å². The van der Waals surface area contributed by atoms with Crippen molar-refractivity contribution in [3.63, 3.8) is 0 Å². The van der Waals surface area contributed by atoms with E-state index in [9.17, 15) is 9.59 Å². The van der Waals surface area contributed by atoms with Crippen molar-refractivity contribution in [3.8, 4) is 0 Å². The van der Waals surface area contributed by atoms with Crippen LogP contribution >= 0.6 is 0 Å². The molecule has 0 amide bonds. The lowest BCUT2D eigenvalue weighted by Gasteiger charge is -2.04. The first-order valence-electron chi connectivity index (χ1n) is 5.10. The highest BCUT2D eigenvalue weighted by Crippen LogP contribution is 2.00. The number of hydrogen-bond donors (Lipinski definition) is 2. The van der Waals surface area contributed by atoms with E-state index in [2.05, 4.69) is 15.0 Å². The molecule has 0 spiro atoms. The molecule has 0 saturated carbocycles. The number of ether oxygens (including phenoxy) is 1. The monoisotopic (exact) mass is 238 g/mol. The standard InChI is InChI=1S/C11H14N2O4/c1-17-11(16)9-4-2-3-8(13-9)7-12-6-5-10(14)15/h2-4,12H,5-7H2,1H3,(H,14,15). The van der Waals surface area contributed by atoms with Crippen LogP contribution in [0.4, 0.5) is 0 Å². The smallest absolute Gasteiger partial charge is 0.356 e. The normalized spacial score (nSPS) is 9.94. The Morgan fingerprint density at radius 3 is 2.88 bits per heavy atom. The van der Waals surface area contributed by atoms with E-state index in [4.69, 9.17) is 5.11 Å². The summed E-state index contributed by atoms with van der Waals surface area (Å²) in [4.78, 5) is 25.6. The number of carbonyl (C=O) groups excluding carboxylic acids is 1. The number of carbonyl (C=O) groups is 2.